The van der Waals surface area contributed by atoms with Gasteiger partial charge in [0.25, 0.3) is 0 Å². The van der Waals surface area contributed by atoms with Gasteiger partial charge in [-0.25, -0.2) is 4.79 Å². The lowest BCUT2D eigenvalue weighted by Gasteiger charge is -2.20. The van der Waals surface area contributed by atoms with Gasteiger partial charge in [0.15, 0.2) is 22.3 Å². The van der Waals surface area contributed by atoms with E-state index in [1.807, 2.05) is 42.6 Å². The number of hydrogen-bond acceptors (Lipinski definition) is 7. The number of nitrogens with one attached hydrogen (secondary N) is 1. The molecule has 8 nitrogen and oxygen atoms in total. The van der Waals surface area contributed by atoms with Crippen LogP contribution in [0.1, 0.15) is 29.1 Å². The number of carbonyl (C=O) groups excluding carboxylic acids is 1. The van der Waals surface area contributed by atoms with Crippen molar-refractivity contribution in [2.24, 2.45) is 0 Å². The Morgan fingerprint density at radius 1 is 1.23 bits per heavy atom. The molecule has 0 aliphatic heterocycles. The van der Waals surface area contributed by atoms with Crippen molar-refractivity contribution in [2.45, 2.75) is 18.1 Å². The minimum Gasteiger partial charge on any atom is -0.408 e. The first-order valence-corrected chi connectivity index (χ1v) is 10.9. The van der Waals surface area contributed by atoms with E-state index in [0.29, 0.717) is 26.8 Å². The number of halogens is 1. The van der Waals surface area contributed by atoms with Crippen molar-refractivity contribution in [3.63, 3.8) is 0 Å². The number of rotatable bonds is 7. The molecule has 0 aliphatic rings. The maximum Gasteiger partial charge on any atom is 0.417 e. The van der Waals surface area contributed by atoms with Crippen molar-refractivity contribution in [1.82, 2.24) is 24.6 Å². The van der Waals surface area contributed by atoms with Crippen LogP contribution >= 0.6 is 23.4 Å². The third kappa shape index (κ3) is 4.43. The molecule has 0 saturated carbocycles. The second-order valence-electron chi connectivity index (χ2n) is 7.23. The Morgan fingerprint density at radius 2 is 1.97 bits per heavy atom. The first kappa shape index (κ1) is 21.4. The highest BCUT2D eigenvalue weighted by atomic mass is 35.5. The molecule has 1 atom stereocenters. The quantitative estimate of drug-likeness (QED) is 0.331. The summed E-state index contributed by atoms with van der Waals surface area (Å²) in [6.07, 6.45) is 0. The zero-order valence-electron chi connectivity index (χ0n) is 17.1. The highest BCUT2D eigenvalue weighted by molar-refractivity contribution is 7.99. The number of H-pyrrole nitrogens is 1. The Labute approximate surface area is 187 Å². The number of aromatic nitrogens is 4. The van der Waals surface area contributed by atoms with Crippen molar-refractivity contribution in [2.75, 3.05) is 19.8 Å². The fourth-order valence-electron chi connectivity index (χ4n) is 3.04. The van der Waals surface area contributed by atoms with Crippen LogP contribution in [0.3, 0.4) is 0 Å². The highest BCUT2D eigenvalue weighted by Gasteiger charge is 2.22. The topological polar surface area (TPSA) is 97.0 Å². The highest BCUT2D eigenvalue weighted by Crippen LogP contribution is 2.28. The molecule has 0 fully saturated rings. The number of carbonyl (C=O) groups is 1. The molecule has 0 bridgehead atoms. The number of hydrogen-bond donors (Lipinski definition) is 1. The number of fused-ring (bicyclic) bond motifs is 1. The minimum atomic E-state index is -0.549. The number of Topliss-reactive ketones (excluding diaryl/α,β-unsaturated/α-hetero) is 1. The van der Waals surface area contributed by atoms with Crippen LogP contribution in [0.25, 0.3) is 16.8 Å². The van der Waals surface area contributed by atoms with Gasteiger partial charge in [-0.2, -0.15) is 0 Å². The van der Waals surface area contributed by atoms with Crippen LogP contribution in [-0.4, -0.2) is 50.3 Å². The van der Waals surface area contributed by atoms with Gasteiger partial charge in [-0.05, 0) is 63.5 Å². The smallest absolute Gasteiger partial charge is 0.408 e. The van der Waals surface area contributed by atoms with E-state index >= 15 is 0 Å². The van der Waals surface area contributed by atoms with Crippen LogP contribution in [-0.2, 0) is 0 Å². The lowest BCUT2D eigenvalue weighted by molar-refractivity contribution is 0.102. The molecular weight excluding hydrogens is 438 g/mol. The van der Waals surface area contributed by atoms with Gasteiger partial charge in [0.2, 0.25) is 0 Å². The maximum absolute atomic E-state index is 12.8. The molecule has 10 heteroatoms. The monoisotopic (exact) mass is 457 g/mol. The molecule has 4 aromatic rings. The first-order chi connectivity index (χ1) is 14.8. The number of aromatic amines is 1. The SMILES string of the molecule is CC(c1nnc(SCC(=O)c2ccc3[nH]c(=O)oc3c2)n1-c1ccc(Cl)cc1)N(C)C. The number of benzene rings is 2. The molecule has 1 unspecified atom stereocenters. The summed E-state index contributed by atoms with van der Waals surface area (Å²) in [6.45, 7) is 2.04. The van der Waals surface area contributed by atoms with E-state index in [0.717, 1.165) is 11.5 Å². The fraction of sp³-hybridized carbons (Fsp3) is 0.238. The number of ketones is 1. The third-order valence-electron chi connectivity index (χ3n) is 4.97. The van der Waals surface area contributed by atoms with Crippen molar-refractivity contribution in [1.29, 1.82) is 0 Å². The Balaban J connectivity index is 1.61. The zero-order valence-corrected chi connectivity index (χ0v) is 18.7. The van der Waals surface area contributed by atoms with E-state index < -0.39 is 5.76 Å². The average Bonchev–Trinajstić information content (AvgIpc) is 3.33. The largest absolute Gasteiger partial charge is 0.417 e. The van der Waals surface area contributed by atoms with Gasteiger partial charge in [0.1, 0.15) is 0 Å². The maximum atomic E-state index is 12.8. The molecule has 2 aromatic carbocycles. The summed E-state index contributed by atoms with van der Waals surface area (Å²) in [4.78, 5) is 28.7. The van der Waals surface area contributed by atoms with Crippen LogP contribution in [0.15, 0.2) is 56.8 Å². The summed E-state index contributed by atoms with van der Waals surface area (Å²) in [6, 6.07) is 12.3. The van der Waals surface area contributed by atoms with Gasteiger partial charge in [-0.1, -0.05) is 23.4 Å². The van der Waals surface area contributed by atoms with Gasteiger partial charge in [0.05, 0.1) is 17.3 Å². The van der Waals surface area contributed by atoms with Crippen LogP contribution in [0, 0.1) is 0 Å². The van der Waals surface area contributed by atoms with E-state index in [1.165, 1.54) is 11.8 Å². The summed E-state index contributed by atoms with van der Waals surface area (Å²) in [5, 5.41) is 9.96. The number of thioether (sulfide) groups is 1. The molecule has 0 amide bonds. The summed E-state index contributed by atoms with van der Waals surface area (Å²) >= 11 is 7.35. The second-order valence-corrected chi connectivity index (χ2v) is 8.61. The second kappa shape index (κ2) is 8.70. The van der Waals surface area contributed by atoms with E-state index in [9.17, 15) is 9.59 Å². The molecule has 0 spiro atoms. The Bertz CT molecular complexity index is 1290. The zero-order chi connectivity index (χ0) is 22.1. The Morgan fingerprint density at radius 3 is 2.68 bits per heavy atom. The van der Waals surface area contributed by atoms with Crippen molar-refractivity contribution in [3.8, 4) is 5.69 Å². The summed E-state index contributed by atoms with van der Waals surface area (Å²) < 4.78 is 6.99. The van der Waals surface area contributed by atoms with Gasteiger partial charge in [0, 0.05) is 16.3 Å². The first-order valence-electron chi connectivity index (χ1n) is 9.50. The normalized spacial score (nSPS) is 12.5. The fourth-order valence-corrected chi connectivity index (χ4v) is 4.02. The molecule has 1 N–H and O–H groups in total. The van der Waals surface area contributed by atoms with Gasteiger partial charge < -0.3 is 4.42 Å². The molecule has 2 aromatic heterocycles. The third-order valence-corrected chi connectivity index (χ3v) is 6.15. The molecule has 0 saturated heterocycles. The summed E-state index contributed by atoms with van der Waals surface area (Å²) in [5.74, 6) is 0.261. The predicted molar refractivity (Wildman–Crippen MR) is 120 cm³/mol. The predicted octanol–water partition coefficient (Wildman–Crippen LogP) is 3.95. The van der Waals surface area contributed by atoms with Crippen LogP contribution in [0.4, 0.5) is 0 Å². The molecule has 2 heterocycles. The Hall–Kier alpha value is -2.88. The summed E-state index contributed by atoms with van der Waals surface area (Å²) in [5.41, 5.74) is 2.23. The van der Waals surface area contributed by atoms with Crippen LogP contribution in [0.2, 0.25) is 5.02 Å². The minimum absolute atomic E-state index is 0.00660. The van der Waals surface area contributed by atoms with Crippen molar-refractivity contribution >= 4 is 40.2 Å². The molecule has 160 valence electrons. The molecule has 4 rings (SSSR count). The number of oxazole rings is 1. The average molecular weight is 458 g/mol. The van der Waals surface area contributed by atoms with E-state index in [4.69, 9.17) is 16.0 Å². The molecule has 0 radical (unpaired) electrons. The molecule has 31 heavy (non-hydrogen) atoms. The van der Waals surface area contributed by atoms with Gasteiger partial charge in [-0.15, -0.1) is 10.2 Å². The van der Waals surface area contributed by atoms with Crippen molar-refractivity contribution in [3.05, 3.63) is 69.4 Å². The molecule has 0 aliphatic carbocycles. The van der Waals surface area contributed by atoms with Gasteiger partial charge >= 0.3 is 5.76 Å². The van der Waals surface area contributed by atoms with Crippen LogP contribution < -0.4 is 5.76 Å². The lowest BCUT2D eigenvalue weighted by Crippen LogP contribution is -2.20. The molecular formula is C21H20ClN5O3S. The number of nitrogens with zero attached hydrogens (tertiary/aromatic N) is 4. The lowest BCUT2D eigenvalue weighted by atomic mass is 10.1. The Kier molecular flexibility index (Phi) is 5.99. The van der Waals surface area contributed by atoms with Crippen molar-refractivity contribution < 1.29 is 9.21 Å². The van der Waals surface area contributed by atoms with Crippen LogP contribution in [0.5, 0.6) is 0 Å². The van der Waals surface area contributed by atoms with E-state index in [1.54, 1.807) is 30.3 Å². The van der Waals surface area contributed by atoms with E-state index in [-0.39, 0.29) is 17.6 Å². The van der Waals surface area contributed by atoms with Gasteiger partial charge in [-0.3, -0.25) is 19.2 Å². The standard InChI is InChI=1S/C21H20ClN5O3S/c1-12(26(2)3)19-24-25-20(27(19)15-7-5-14(22)6-8-15)31-11-17(28)13-4-9-16-18(10-13)30-21(29)23-16/h4-10,12H,11H2,1-3H3,(H,23,29). The summed E-state index contributed by atoms with van der Waals surface area (Å²) in [7, 11) is 3.94. The van der Waals surface area contributed by atoms with E-state index in [2.05, 4.69) is 15.2 Å².